The van der Waals surface area contributed by atoms with E-state index < -0.39 is 6.80 Å². The maximum Gasteiger partial charge on any atom is 0.165 e. The predicted molar refractivity (Wildman–Crippen MR) is 47.8 cm³/mol. The minimum absolute atomic E-state index is 0.532. The highest BCUT2D eigenvalue weighted by molar-refractivity contribution is 5.81. The first-order valence-electron chi connectivity index (χ1n) is 3.90. The smallest absolute Gasteiger partial charge is 0.165 e. The van der Waals surface area contributed by atoms with E-state index in [9.17, 15) is 4.39 Å². The number of alkyl halides is 1. The van der Waals surface area contributed by atoms with Crippen molar-refractivity contribution in [1.29, 1.82) is 5.26 Å². The Balaban J connectivity index is 2.70. The highest BCUT2D eigenvalue weighted by Gasteiger charge is 2.00. The molecule has 0 atom stereocenters. The molecule has 0 aliphatic carbocycles. The summed E-state index contributed by atoms with van der Waals surface area (Å²) in [6.45, 7) is -0.532. The first kappa shape index (κ1) is 7.81. The van der Waals surface area contributed by atoms with Gasteiger partial charge in [-0.05, 0) is 24.3 Å². The molecule has 0 saturated carbocycles. The normalized spacial score (nSPS) is 10.2. The van der Waals surface area contributed by atoms with E-state index >= 15 is 0 Å². The third kappa shape index (κ3) is 1.17. The van der Waals surface area contributed by atoms with Gasteiger partial charge < -0.3 is 4.57 Å². The van der Waals surface area contributed by atoms with Crippen LogP contribution in [0.4, 0.5) is 4.39 Å². The molecule has 0 unspecified atom stereocenters. The van der Waals surface area contributed by atoms with Gasteiger partial charge in [0.05, 0.1) is 17.1 Å². The number of halogens is 1. The van der Waals surface area contributed by atoms with Crippen molar-refractivity contribution in [3.63, 3.8) is 0 Å². The molecule has 0 amide bonds. The van der Waals surface area contributed by atoms with E-state index in [0.717, 1.165) is 10.9 Å². The van der Waals surface area contributed by atoms with Gasteiger partial charge in [0.1, 0.15) is 0 Å². The van der Waals surface area contributed by atoms with Crippen molar-refractivity contribution in [3.8, 4) is 6.07 Å². The van der Waals surface area contributed by atoms with Gasteiger partial charge in [0, 0.05) is 11.6 Å². The zero-order valence-electron chi connectivity index (χ0n) is 6.87. The van der Waals surface area contributed by atoms with E-state index in [2.05, 4.69) is 0 Å². The number of fused-ring (bicyclic) bond motifs is 1. The molecule has 0 aliphatic rings. The fraction of sp³-hybridized carbons (Fsp3) is 0.100. The molecule has 0 aliphatic heterocycles. The highest BCUT2D eigenvalue weighted by Crippen LogP contribution is 2.17. The third-order valence-electron chi connectivity index (χ3n) is 2.03. The van der Waals surface area contributed by atoms with Gasteiger partial charge in [-0.2, -0.15) is 5.26 Å². The highest BCUT2D eigenvalue weighted by atomic mass is 19.1. The molecule has 13 heavy (non-hydrogen) atoms. The van der Waals surface area contributed by atoms with Gasteiger partial charge in [0.25, 0.3) is 0 Å². The van der Waals surface area contributed by atoms with Crippen LogP contribution < -0.4 is 0 Å². The SMILES string of the molecule is N#Cc1ccc2c(ccn2CF)c1. The van der Waals surface area contributed by atoms with Crippen molar-refractivity contribution in [1.82, 2.24) is 4.57 Å². The Hall–Kier alpha value is -1.82. The second-order valence-electron chi connectivity index (χ2n) is 2.79. The molecule has 3 heteroatoms. The summed E-state index contributed by atoms with van der Waals surface area (Å²) in [4.78, 5) is 0. The molecule has 0 fully saturated rings. The minimum Gasteiger partial charge on any atom is -0.319 e. The van der Waals surface area contributed by atoms with Crippen LogP contribution >= 0.6 is 0 Å². The molecule has 2 nitrogen and oxygen atoms in total. The number of aromatic nitrogens is 1. The average molecular weight is 174 g/mol. The van der Waals surface area contributed by atoms with Crippen LogP contribution in [-0.2, 0) is 6.80 Å². The van der Waals surface area contributed by atoms with E-state index in [0.29, 0.717) is 5.56 Å². The van der Waals surface area contributed by atoms with Crippen LogP contribution in [0.25, 0.3) is 10.9 Å². The lowest BCUT2D eigenvalue weighted by Gasteiger charge is -1.97. The van der Waals surface area contributed by atoms with Crippen LogP contribution in [0.15, 0.2) is 30.5 Å². The molecule has 1 aromatic carbocycles. The molecule has 1 heterocycles. The lowest BCUT2D eigenvalue weighted by Crippen LogP contribution is -1.88. The van der Waals surface area contributed by atoms with Gasteiger partial charge in [-0.25, -0.2) is 4.39 Å². The van der Waals surface area contributed by atoms with Gasteiger partial charge >= 0.3 is 0 Å². The summed E-state index contributed by atoms with van der Waals surface area (Å²) in [6, 6.07) is 9.04. The fourth-order valence-electron chi connectivity index (χ4n) is 1.37. The first-order valence-corrected chi connectivity index (χ1v) is 3.90. The van der Waals surface area contributed by atoms with Crippen molar-refractivity contribution in [3.05, 3.63) is 36.0 Å². The molecule has 0 spiro atoms. The Kier molecular flexibility index (Phi) is 1.75. The summed E-state index contributed by atoms with van der Waals surface area (Å²) in [6.07, 6.45) is 1.67. The van der Waals surface area contributed by atoms with Crippen molar-refractivity contribution in [2.75, 3.05) is 0 Å². The van der Waals surface area contributed by atoms with Crippen molar-refractivity contribution >= 4 is 10.9 Å². The monoisotopic (exact) mass is 174 g/mol. The average Bonchev–Trinajstić information content (AvgIpc) is 2.59. The molecule has 0 N–H and O–H groups in total. The second-order valence-corrected chi connectivity index (χ2v) is 2.79. The number of benzene rings is 1. The Bertz CT molecular complexity index is 479. The minimum atomic E-state index is -0.532. The third-order valence-corrected chi connectivity index (χ3v) is 2.03. The Morgan fingerprint density at radius 2 is 2.23 bits per heavy atom. The number of rotatable bonds is 1. The molecule has 64 valence electrons. The molecule has 2 aromatic rings. The lowest BCUT2D eigenvalue weighted by atomic mass is 10.2. The van der Waals surface area contributed by atoms with Gasteiger partial charge in [0.15, 0.2) is 6.80 Å². The summed E-state index contributed by atoms with van der Waals surface area (Å²) < 4.78 is 13.9. The molecule has 0 saturated heterocycles. The molecular formula is C10H7FN2. The largest absolute Gasteiger partial charge is 0.319 e. The standard InChI is InChI=1S/C10H7FN2/c11-7-13-4-3-9-5-8(6-12)1-2-10(9)13/h1-5H,7H2. The first-order chi connectivity index (χ1) is 6.35. The van der Waals surface area contributed by atoms with Crippen molar-refractivity contribution < 1.29 is 4.39 Å². The number of hydrogen-bond donors (Lipinski definition) is 0. The molecule has 0 radical (unpaired) electrons. The Morgan fingerprint density at radius 3 is 2.92 bits per heavy atom. The summed E-state index contributed by atoms with van der Waals surface area (Å²) in [7, 11) is 0. The van der Waals surface area contributed by atoms with Gasteiger partial charge in [-0.15, -0.1) is 0 Å². The summed E-state index contributed by atoms with van der Waals surface area (Å²) in [5.74, 6) is 0. The van der Waals surface area contributed by atoms with Crippen LogP contribution in [0.3, 0.4) is 0 Å². The summed E-state index contributed by atoms with van der Waals surface area (Å²) in [5.41, 5.74) is 1.42. The Labute approximate surface area is 74.8 Å². The molecular weight excluding hydrogens is 167 g/mol. The zero-order chi connectivity index (χ0) is 9.26. The van der Waals surface area contributed by atoms with Gasteiger partial charge in [0.2, 0.25) is 0 Å². The van der Waals surface area contributed by atoms with Crippen LogP contribution in [0.1, 0.15) is 5.56 Å². The topological polar surface area (TPSA) is 28.7 Å². The van der Waals surface area contributed by atoms with E-state index in [1.54, 1.807) is 30.5 Å². The maximum atomic E-state index is 12.4. The van der Waals surface area contributed by atoms with Crippen LogP contribution in [-0.4, -0.2) is 4.57 Å². The molecule has 2 rings (SSSR count). The number of hydrogen-bond acceptors (Lipinski definition) is 1. The summed E-state index contributed by atoms with van der Waals surface area (Å²) >= 11 is 0. The number of nitriles is 1. The van der Waals surface area contributed by atoms with Crippen LogP contribution in [0.2, 0.25) is 0 Å². The number of nitrogens with zero attached hydrogens (tertiary/aromatic N) is 2. The fourth-order valence-corrected chi connectivity index (χ4v) is 1.37. The second kappa shape index (κ2) is 2.91. The quantitative estimate of drug-likeness (QED) is 0.652. The van der Waals surface area contributed by atoms with Crippen molar-refractivity contribution in [2.45, 2.75) is 6.80 Å². The van der Waals surface area contributed by atoms with Crippen molar-refractivity contribution in [2.24, 2.45) is 0 Å². The van der Waals surface area contributed by atoms with Gasteiger partial charge in [-0.3, -0.25) is 0 Å². The maximum absolute atomic E-state index is 12.4. The Morgan fingerprint density at radius 1 is 1.38 bits per heavy atom. The zero-order valence-corrected chi connectivity index (χ0v) is 6.87. The van der Waals surface area contributed by atoms with E-state index in [1.165, 1.54) is 4.57 Å². The van der Waals surface area contributed by atoms with Crippen LogP contribution in [0, 0.1) is 11.3 Å². The van der Waals surface area contributed by atoms with E-state index in [4.69, 9.17) is 5.26 Å². The van der Waals surface area contributed by atoms with Gasteiger partial charge in [-0.1, -0.05) is 0 Å². The summed E-state index contributed by atoms with van der Waals surface area (Å²) in [5, 5.41) is 9.53. The predicted octanol–water partition coefficient (Wildman–Crippen LogP) is 2.44. The van der Waals surface area contributed by atoms with E-state index in [-0.39, 0.29) is 0 Å². The molecule has 1 aromatic heterocycles. The molecule has 0 bridgehead atoms. The lowest BCUT2D eigenvalue weighted by molar-refractivity contribution is 0.386. The van der Waals surface area contributed by atoms with E-state index in [1.807, 2.05) is 6.07 Å². The van der Waals surface area contributed by atoms with Crippen LogP contribution in [0.5, 0.6) is 0 Å².